The van der Waals surface area contributed by atoms with Crippen molar-refractivity contribution in [1.29, 1.82) is 0 Å². The molecule has 0 amide bonds. The summed E-state index contributed by atoms with van der Waals surface area (Å²) in [5.41, 5.74) is 8.50. The number of allylic oxidation sites excluding steroid dienone is 2. The largest absolute Gasteiger partial charge is 0.737 e. The number of halogens is 2. The van der Waals surface area contributed by atoms with Crippen LogP contribution in [0, 0.1) is 0 Å². The van der Waals surface area contributed by atoms with E-state index >= 15 is 8.63 Å². The SMILES string of the molecule is F[B-]1(F)n2c(cc(-c3ccccc3)c2-c2ccccc2)C(c2ccccc2)=C2C=C(c3ccccc3)C(c3ccccc3)=[N+]21. The normalized spacial score (nSPS) is 15.2. The molecule has 0 aliphatic carbocycles. The van der Waals surface area contributed by atoms with Gasteiger partial charge in [-0.3, -0.25) is 0 Å². The fourth-order valence-corrected chi connectivity index (χ4v) is 6.68. The van der Waals surface area contributed by atoms with Gasteiger partial charge in [0.05, 0.1) is 11.1 Å². The smallest absolute Gasteiger partial charge is 0.389 e. The lowest BCUT2D eigenvalue weighted by Gasteiger charge is -2.34. The van der Waals surface area contributed by atoms with Gasteiger partial charge in [-0.25, -0.2) is 0 Å². The molecule has 0 N–H and O–H groups in total. The number of aromatic nitrogens is 1. The number of rotatable bonds is 5. The van der Waals surface area contributed by atoms with Crippen molar-refractivity contribution in [3.8, 4) is 22.4 Å². The van der Waals surface area contributed by atoms with E-state index in [2.05, 4.69) is 0 Å². The molecule has 5 heteroatoms. The molecule has 2 nitrogen and oxygen atoms in total. The van der Waals surface area contributed by atoms with E-state index in [1.54, 1.807) is 0 Å². The van der Waals surface area contributed by atoms with Crippen LogP contribution in [0.5, 0.6) is 0 Å². The molecule has 1 aromatic heterocycles. The number of hydrogen-bond donors (Lipinski definition) is 0. The highest BCUT2D eigenvalue weighted by Gasteiger charge is 2.56. The van der Waals surface area contributed by atoms with Crippen LogP contribution < -0.4 is 0 Å². The van der Waals surface area contributed by atoms with Gasteiger partial charge in [-0.1, -0.05) is 140 Å². The lowest BCUT2D eigenvalue weighted by molar-refractivity contribution is -0.360. The van der Waals surface area contributed by atoms with Gasteiger partial charge in [0, 0.05) is 28.6 Å². The predicted molar refractivity (Wildman–Crippen MR) is 176 cm³/mol. The van der Waals surface area contributed by atoms with Crippen molar-refractivity contribution in [2.45, 2.75) is 0 Å². The lowest BCUT2D eigenvalue weighted by atomic mass is 9.85. The second-order valence-corrected chi connectivity index (χ2v) is 11.1. The Labute approximate surface area is 255 Å². The Balaban J connectivity index is 1.55. The summed E-state index contributed by atoms with van der Waals surface area (Å²) in [6, 6.07) is 50.7. The van der Waals surface area contributed by atoms with Crippen molar-refractivity contribution in [2.24, 2.45) is 0 Å². The minimum atomic E-state index is -4.36. The summed E-state index contributed by atoms with van der Waals surface area (Å²) in [5, 5.41) is 0. The van der Waals surface area contributed by atoms with E-state index in [1.807, 2.05) is 164 Å². The Morgan fingerprint density at radius 3 is 1.50 bits per heavy atom. The van der Waals surface area contributed by atoms with Crippen molar-refractivity contribution in [3.63, 3.8) is 0 Å². The maximum absolute atomic E-state index is 17.8. The molecule has 0 bridgehead atoms. The Hall–Kier alpha value is -5.55. The van der Waals surface area contributed by atoms with Crippen molar-refractivity contribution >= 4 is 23.8 Å². The molecule has 44 heavy (non-hydrogen) atoms. The van der Waals surface area contributed by atoms with Gasteiger partial charge in [-0.05, 0) is 40.5 Å². The fourth-order valence-electron chi connectivity index (χ4n) is 6.68. The van der Waals surface area contributed by atoms with Crippen LogP contribution in [0.25, 0.3) is 33.5 Å². The van der Waals surface area contributed by atoms with Gasteiger partial charge in [0.15, 0.2) is 11.4 Å². The van der Waals surface area contributed by atoms with Crippen molar-refractivity contribution in [2.75, 3.05) is 0 Å². The van der Waals surface area contributed by atoms with Gasteiger partial charge in [-0.2, -0.15) is 0 Å². The number of hydrogen-bond acceptors (Lipinski definition) is 0. The highest BCUT2D eigenvalue weighted by Crippen LogP contribution is 2.48. The summed E-state index contributed by atoms with van der Waals surface area (Å²) in [5.74, 6) is 0. The quantitative estimate of drug-likeness (QED) is 0.182. The molecule has 2 aliphatic heterocycles. The maximum atomic E-state index is 17.8. The van der Waals surface area contributed by atoms with Crippen LogP contribution in [-0.2, 0) is 0 Å². The van der Waals surface area contributed by atoms with Crippen LogP contribution in [0.3, 0.4) is 0 Å². The first-order chi connectivity index (χ1) is 21.6. The van der Waals surface area contributed by atoms with E-state index in [1.165, 1.54) is 8.96 Å². The first kappa shape index (κ1) is 26.1. The van der Waals surface area contributed by atoms with Crippen LogP contribution in [0.4, 0.5) is 8.63 Å². The summed E-state index contributed by atoms with van der Waals surface area (Å²) in [6.07, 6.45) is 1.95. The zero-order valence-corrected chi connectivity index (χ0v) is 23.8. The van der Waals surface area contributed by atoms with E-state index < -0.39 is 6.97 Å². The molecule has 210 valence electrons. The molecule has 0 spiro atoms. The molecule has 0 saturated carbocycles. The molecule has 3 heterocycles. The Morgan fingerprint density at radius 1 is 0.500 bits per heavy atom. The lowest BCUT2D eigenvalue weighted by Crippen LogP contribution is -2.51. The molecule has 0 radical (unpaired) electrons. The zero-order chi connectivity index (χ0) is 29.7. The predicted octanol–water partition coefficient (Wildman–Crippen LogP) is 9.42. The maximum Gasteiger partial charge on any atom is 0.737 e. The highest BCUT2D eigenvalue weighted by molar-refractivity contribution is 6.60. The summed E-state index contributed by atoms with van der Waals surface area (Å²) < 4.78 is 38.2. The van der Waals surface area contributed by atoms with Gasteiger partial charge >= 0.3 is 6.97 Å². The standard InChI is InChI=1S/C39H27BF2N2/c41-40(42)43-35(26-33(28-16-6-1-7-17-28)38(43)31-22-12-4-13-23-31)37(30-20-10-3-11-21-30)36-27-34(29-18-8-2-9-19-29)39(44(36)40)32-24-14-5-15-25-32/h1-27H. The molecule has 0 atom stereocenters. The molecule has 6 aromatic rings. The second kappa shape index (κ2) is 10.3. The summed E-state index contributed by atoms with van der Waals surface area (Å²) in [4.78, 5) is 0. The number of benzene rings is 5. The summed E-state index contributed by atoms with van der Waals surface area (Å²) >= 11 is 0. The van der Waals surface area contributed by atoms with Gasteiger partial charge in [-0.15, -0.1) is 0 Å². The van der Waals surface area contributed by atoms with E-state index in [0.717, 1.165) is 44.5 Å². The Bertz CT molecular complexity index is 2100. The van der Waals surface area contributed by atoms with E-state index in [9.17, 15) is 0 Å². The molecular weight excluding hydrogens is 545 g/mol. The third-order valence-corrected chi connectivity index (χ3v) is 8.53. The minimum Gasteiger partial charge on any atom is -0.389 e. The minimum absolute atomic E-state index is 0.503. The molecular formula is C39H27BF2N2. The topological polar surface area (TPSA) is 7.94 Å². The summed E-state index contributed by atoms with van der Waals surface area (Å²) in [6.45, 7) is -4.36. The van der Waals surface area contributed by atoms with Crippen molar-refractivity contribution < 1.29 is 13.1 Å². The van der Waals surface area contributed by atoms with Crippen LogP contribution in [0.1, 0.15) is 22.4 Å². The number of fused-ring (bicyclic) bond motifs is 2. The molecule has 5 aromatic carbocycles. The second-order valence-electron chi connectivity index (χ2n) is 11.1. The third kappa shape index (κ3) is 4.04. The van der Waals surface area contributed by atoms with Crippen LogP contribution >= 0.6 is 0 Å². The zero-order valence-electron chi connectivity index (χ0n) is 23.8. The van der Waals surface area contributed by atoms with Crippen LogP contribution in [0.15, 0.2) is 169 Å². The number of nitrogens with zero attached hydrogens (tertiary/aromatic N) is 2. The molecule has 2 aliphatic rings. The summed E-state index contributed by atoms with van der Waals surface area (Å²) in [7, 11) is 0. The van der Waals surface area contributed by atoms with E-state index in [0.29, 0.717) is 22.8 Å². The van der Waals surface area contributed by atoms with Gasteiger partial charge in [0.2, 0.25) is 0 Å². The fraction of sp³-hybridized carbons (Fsp3) is 0. The first-order valence-electron chi connectivity index (χ1n) is 14.8. The molecule has 0 unspecified atom stereocenters. The average Bonchev–Trinajstić information content (AvgIpc) is 3.69. The van der Waals surface area contributed by atoms with Gasteiger partial charge < -0.3 is 17.6 Å². The van der Waals surface area contributed by atoms with Gasteiger partial charge in [0.1, 0.15) is 0 Å². The van der Waals surface area contributed by atoms with E-state index in [-0.39, 0.29) is 0 Å². The van der Waals surface area contributed by atoms with Gasteiger partial charge in [0.25, 0.3) is 0 Å². The Kier molecular flexibility index (Phi) is 6.12. The van der Waals surface area contributed by atoms with Crippen molar-refractivity contribution in [3.05, 3.63) is 192 Å². The highest BCUT2D eigenvalue weighted by atomic mass is 19.2. The molecule has 0 saturated heterocycles. The van der Waals surface area contributed by atoms with Crippen LogP contribution in [-0.4, -0.2) is 21.6 Å². The molecule has 8 rings (SSSR count). The van der Waals surface area contributed by atoms with E-state index in [4.69, 9.17) is 0 Å². The monoisotopic (exact) mass is 572 g/mol. The first-order valence-corrected chi connectivity index (χ1v) is 14.8. The van der Waals surface area contributed by atoms with Crippen LogP contribution in [0.2, 0.25) is 0 Å². The third-order valence-electron chi connectivity index (χ3n) is 8.53. The molecule has 0 fully saturated rings. The van der Waals surface area contributed by atoms with Crippen molar-refractivity contribution in [1.82, 2.24) is 4.48 Å². The average molecular weight is 572 g/mol. The Morgan fingerprint density at radius 2 is 0.955 bits per heavy atom.